The number of ether oxygens (including phenoxy) is 6. The third-order valence-electron chi connectivity index (χ3n) is 18.8. The zero-order valence-corrected chi connectivity index (χ0v) is 63.6. The summed E-state index contributed by atoms with van der Waals surface area (Å²) in [5, 5.41) is 51.5. The molecule has 0 amide bonds. The lowest BCUT2D eigenvalue weighted by Crippen LogP contribution is -2.29. The van der Waals surface area contributed by atoms with Crippen molar-refractivity contribution in [2.75, 3.05) is 7.11 Å². The summed E-state index contributed by atoms with van der Waals surface area (Å²) in [4.78, 5) is 82.7. The van der Waals surface area contributed by atoms with Crippen molar-refractivity contribution in [3.8, 4) is 40.3 Å². The van der Waals surface area contributed by atoms with E-state index in [4.69, 9.17) is 56.7 Å². The van der Waals surface area contributed by atoms with E-state index in [1.807, 2.05) is 19.1 Å². The molecular weight excluding hydrogens is 1470 g/mol. The van der Waals surface area contributed by atoms with Crippen molar-refractivity contribution in [1.82, 2.24) is 29.7 Å². The van der Waals surface area contributed by atoms with E-state index in [-0.39, 0.29) is 17.9 Å². The lowest BCUT2D eigenvalue weighted by molar-refractivity contribution is -0.146. The first kappa shape index (κ1) is 87.3. The Bertz CT molecular complexity index is 4150. The fraction of sp³-hybridized carbons (Fsp3) is 0.463. The minimum absolute atomic E-state index is 0.109. The van der Waals surface area contributed by atoms with E-state index in [2.05, 4.69) is 55.4 Å². The third kappa shape index (κ3) is 30.8. The van der Waals surface area contributed by atoms with Crippen LogP contribution in [-0.4, -0.2) is 123 Å². The predicted molar refractivity (Wildman–Crippen MR) is 408 cm³/mol. The van der Waals surface area contributed by atoms with Crippen molar-refractivity contribution < 1.29 is 91.1 Å². The quantitative estimate of drug-likeness (QED) is 0.0208. The number of aliphatic carboxylic acids is 5. The summed E-state index contributed by atoms with van der Waals surface area (Å²) in [5.41, 5.74) is 7.42. The van der Waals surface area contributed by atoms with Crippen molar-refractivity contribution in [3.05, 3.63) is 194 Å². The first-order valence-electron chi connectivity index (χ1n) is 37.5. The van der Waals surface area contributed by atoms with E-state index in [1.165, 1.54) is 106 Å². The van der Waals surface area contributed by atoms with E-state index in [9.17, 15) is 62.4 Å². The summed E-state index contributed by atoms with van der Waals surface area (Å²) in [5.74, 6) is -7.72. The van der Waals surface area contributed by atoms with Crippen molar-refractivity contribution in [3.63, 3.8) is 0 Å². The molecule has 0 fully saturated rings. The number of pyridine rings is 1. The van der Waals surface area contributed by atoms with E-state index >= 15 is 0 Å². The van der Waals surface area contributed by atoms with Crippen LogP contribution < -0.4 is 34.0 Å². The fourth-order valence-electron chi connectivity index (χ4n) is 12.8. The molecule has 23 nitrogen and oxygen atoms in total. The summed E-state index contributed by atoms with van der Waals surface area (Å²) in [6.07, 6.45) is 41.5. The monoisotopic (exact) mass is 1570 g/mol. The second-order valence-corrected chi connectivity index (χ2v) is 27.9. The maximum absolute atomic E-state index is 13.5. The van der Waals surface area contributed by atoms with Gasteiger partial charge in [-0.15, -0.1) is 0 Å². The average molecular weight is 1570 g/mol. The van der Waals surface area contributed by atoms with Crippen LogP contribution in [0.1, 0.15) is 205 Å². The van der Waals surface area contributed by atoms with Gasteiger partial charge in [0, 0.05) is 35.5 Å². The van der Waals surface area contributed by atoms with Crippen LogP contribution >= 0.6 is 23.2 Å². The number of halogens is 5. The maximum Gasteiger partial charge on any atom is 0.344 e. The van der Waals surface area contributed by atoms with E-state index in [0.29, 0.717) is 95.7 Å². The highest BCUT2D eigenvalue weighted by atomic mass is 35.5. The third-order valence-corrected chi connectivity index (χ3v) is 19.3. The number of carbonyl (C=O) groups is 5. The smallest absolute Gasteiger partial charge is 0.344 e. The van der Waals surface area contributed by atoms with Crippen LogP contribution in [0.25, 0.3) is 5.69 Å². The van der Waals surface area contributed by atoms with Gasteiger partial charge in [-0.3, -0.25) is 9.78 Å². The molecule has 594 valence electrons. The van der Waals surface area contributed by atoms with E-state index in [1.54, 1.807) is 47.4 Å². The van der Waals surface area contributed by atoms with Crippen LogP contribution in [0.3, 0.4) is 0 Å². The minimum atomic E-state index is -1.38. The normalized spacial score (nSPS) is 15.9. The zero-order chi connectivity index (χ0) is 79.2. The Morgan fingerprint density at radius 3 is 1.32 bits per heavy atom. The molecule has 3 aromatic carbocycles. The van der Waals surface area contributed by atoms with Gasteiger partial charge >= 0.3 is 29.8 Å². The molecular formula is C82H99Cl2F3N6O17. The molecule has 0 saturated carbocycles. The average Bonchev–Trinajstić information content (AvgIpc) is 1.01. The lowest BCUT2D eigenvalue weighted by Gasteiger charge is -2.19. The van der Waals surface area contributed by atoms with Gasteiger partial charge < -0.3 is 58.9 Å². The molecule has 0 saturated heterocycles. The summed E-state index contributed by atoms with van der Waals surface area (Å²) < 4.78 is 73.9. The molecule has 5 aliphatic rings. The number of allylic oxidation sites excluding steroid dienone is 10. The van der Waals surface area contributed by atoms with Gasteiger partial charge in [0.25, 0.3) is 5.56 Å². The lowest BCUT2D eigenvalue weighted by atomic mass is 9.95. The molecule has 0 aliphatic heterocycles. The van der Waals surface area contributed by atoms with Crippen LogP contribution in [0.2, 0.25) is 10.0 Å². The number of nitrogens with one attached hydrogen (secondary N) is 1. The van der Waals surface area contributed by atoms with Gasteiger partial charge in [-0.1, -0.05) is 88.4 Å². The van der Waals surface area contributed by atoms with Gasteiger partial charge in [0.2, 0.25) is 5.88 Å². The Morgan fingerprint density at radius 2 is 0.927 bits per heavy atom. The van der Waals surface area contributed by atoms with E-state index < -0.39 is 83.6 Å². The molecule has 28 heteroatoms. The molecule has 0 radical (unpaired) electrons. The first-order valence-corrected chi connectivity index (χ1v) is 38.3. The Balaban J connectivity index is 0.000000191. The number of aromatic amines is 1. The number of aromatic nitrogens is 6. The van der Waals surface area contributed by atoms with Gasteiger partial charge in [-0.05, 0) is 235 Å². The second kappa shape index (κ2) is 47.2. The number of benzene rings is 3. The SMILES string of the molecule is CCc1c(OC(CCC2=CCCCC2)C(=O)O)nc[nH]c1=O.COc1cc(Cl)ccc1OC(CCC1=CCCCC1)C(=O)O.O=C(O)C(CCC1=CCCCC1)Oc1c(F)cc(F)cc1F.O=C(O)C(CCC1=CCCCC1)Oc1ccc(-n2cncn2)cc1.O=C(O)C(CCC1=CCCCC1)Oc1cncc(Cl)c1. The Kier molecular flexibility index (Phi) is 37.4. The zero-order valence-electron chi connectivity index (χ0n) is 62.1. The number of carboxylic acid groups (broad SMARTS) is 5. The molecule has 6 N–H and O–H groups in total. The highest BCUT2D eigenvalue weighted by Crippen LogP contribution is 2.34. The number of hydrogen-bond acceptors (Lipinski definition) is 16. The number of hydrogen-bond donors (Lipinski definition) is 6. The van der Waals surface area contributed by atoms with Crippen LogP contribution in [0.4, 0.5) is 13.2 Å². The highest BCUT2D eigenvalue weighted by Gasteiger charge is 2.28. The molecule has 3 heterocycles. The Labute approximate surface area is 648 Å². The largest absolute Gasteiger partial charge is 0.493 e. The van der Waals surface area contributed by atoms with Crippen molar-refractivity contribution in [2.24, 2.45) is 0 Å². The number of carboxylic acids is 5. The predicted octanol–water partition coefficient (Wildman–Crippen LogP) is 18.4. The molecule has 6 aromatic rings. The first-order chi connectivity index (χ1) is 53.0. The maximum atomic E-state index is 13.5. The molecule has 110 heavy (non-hydrogen) atoms. The summed E-state index contributed by atoms with van der Waals surface area (Å²) in [7, 11) is 1.50. The van der Waals surface area contributed by atoms with Crippen LogP contribution in [0, 0.1) is 17.5 Å². The number of methoxy groups -OCH3 is 1. The second-order valence-electron chi connectivity index (χ2n) is 27.0. The topological polar surface area (TPSA) is 331 Å². The van der Waals surface area contributed by atoms with Crippen molar-refractivity contribution >= 4 is 53.0 Å². The molecule has 5 atom stereocenters. The molecule has 11 rings (SSSR count). The summed E-state index contributed by atoms with van der Waals surface area (Å²) >= 11 is 11.7. The van der Waals surface area contributed by atoms with Gasteiger partial charge in [-0.2, -0.15) is 5.10 Å². The number of H-pyrrole nitrogens is 1. The molecule has 0 bridgehead atoms. The summed E-state index contributed by atoms with van der Waals surface area (Å²) in [6, 6.07) is 14.6. The Morgan fingerprint density at radius 1 is 0.500 bits per heavy atom. The molecule has 0 spiro atoms. The molecule has 5 aliphatic carbocycles. The van der Waals surface area contributed by atoms with Gasteiger partial charge in [0.05, 0.1) is 35.9 Å². The summed E-state index contributed by atoms with van der Waals surface area (Å²) in [6.45, 7) is 1.81. The molecule has 3 aromatic heterocycles. The van der Waals surface area contributed by atoms with Crippen molar-refractivity contribution in [1.29, 1.82) is 0 Å². The fourth-order valence-corrected chi connectivity index (χ4v) is 13.2. The van der Waals surface area contributed by atoms with Crippen molar-refractivity contribution in [2.45, 2.75) is 236 Å². The van der Waals surface area contributed by atoms with Crippen LogP contribution in [0.5, 0.6) is 34.6 Å². The Hall–Kier alpha value is -9.95. The molecule has 5 unspecified atom stereocenters. The van der Waals surface area contributed by atoms with E-state index in [0.717, 1.165) is 108 Å². The standard InChI is InChI=1S/C18H21N3O3.C17H21ClO4.C16H17F3O3.C16H22N2O4.C15H18ClNO3/c22-18(23)17(11-6-14-4-2-1-3-5-14)24-16-9-7-15(8-10-16)21-13-19-12-20-21;1-21-16-11-13(18)8-10-14(16)22-15(17(19)20)9-7-12-5-3-2-4-6-12;17-11-8-12(18)15(13(19)9-11)22-14(16(20)21)7-6-10-4-2-1-3-5-10;1-2-12-14(19)17-10-18-15(12)22-13(16(20)21)9-8-11-6-4-3-5-7-11;16-12-8-13(10-17-9-12)20-14(15(18)19)7-6-11-4-2-1-3-5-11/h4,7-10,12-13,17H,1-3,5-6,11H2,(H,22,23);5,8,10-11,15H,2-4,6-7,9H2,1H3,(H,19,20);4,8-9,14H,1-3,5-7H2,(H,20,21);6,10,13H,2-5,7-9H2,1H3,(H,20,21)(H,17,18,19);4,8-10,14H,1-3,5-7H2,(H,18,19). The number of rotatable bonds is 33. The van der Waals surface area contributed by atoms with Gasteiger partial charge in [0.15, 0.2) is 59.4 Å². The van der Waals surface area contributed by atoms with Crippen LogP contribution in [-0.2, 0) is 30.4 Å². The highest BCUT2D eigenvalue weighted by molar-refractivity contribution is 6.31. The van der Waals surface area contributed by atoms with Crippen LogP contribution in [0.15, 0.2) is 155 Å². The number of nitrogens with zero attached hydrogens (tertiary/aromatic N) is 5. The van der Waals surface area contributed by atoms with Gasteiger partial charge in [-0.25, -0.2) is 51.8 Å². The van der Waals surface area contributed by atoms with Gasteiger partial charge in [0.1, 0.15) is 30.0 Å². The minimum Gasteiger partial charge on any atom is -0.493 e.